The molecule has 0 radical (unpaired) electrons. The number of nitrogens with zero attached hydrogens (tertiary/aromatic N) is 5. The lowest BCUT2D eigenvalue weighted by Gasteiger charge is -2.07. The van der Waals surface area contributed by atoms with Crippen LogP contribution >= 0.6 is 15.9 Å². The minimum absolute atomic E-state index is 0.538. The second-order valence-corrected chi connectivity index (χ2v) is 6.80. The minimum Gasteiger partial charge on any atom is -0.324 e. The zero-order valence-corrected chi connectivity index (χ0v) is 16.3. The second-order valence-electron chi connectivity index (χ2n) is 5.89. The van der Waals surface area contributed by atoms with E-state index >= 15 is 0 Å². The largest absolute Gasteiger partial charge is 0.324 e. The van der Waals surface area contributed by atoms with Gasteiger partial charge in [-0.25, -0.2) is 9.97 Å². The maximum absolute atomic E-state index is 4.69. The molecule has 134 valence electrons. The Morgan fingerprint density at radius 1 is 1.07 bits per heavy atom. The number of hydrogen-bond acceptors (Lipinski definition) is 5. The molecule has 0 fully saturated rings. The first-order chi connectivity index (χ1) is 13.2. The van der Waals surface area contributed by atoms with Crippen LogP contribution in [0.4, 0.5) is 11.6 Å². The summed E-state index contributed by atoms with van der Waals surface area (Å²) in [6.07, 6.45) is 7.33. The first kappa shape index (κ1) is 17.4. The van der Waals surface area contributed by atoms with Crippen LogP contribution in [-0.4, -0.2) is 24.7 Å². The average molecular weight is 421 g/mol. The highest BCUT2D eigenvalue weighted by molar-refractivity contribution is 9.10. The van der Waals surface area contributed by atoms with E-state index in [1.54, 1.807) is 12.4 Å². The highest BCUT2D eigenvalue weighted by Crippen LogP contribution is 2.30. The van der Waals surface area contributed by atoms with Crippen LogP contribution in [0.15, 0.2) is 71.7 Å². The summed E-state index contributed by atoms with van der Waals surface area (Å²) >= 11 is 3.44. The van der Waals surface area contributed by atoms with Crippen molar-refractivity contribution in [2.24, 2.45) is 0 Å². The standard InChI is InChI=1S/C20H17BrN6/c1-2-27-13-17(19(26-27)14-4-3-10-22-12-14)18-9-11-23-20(25-18)24-16-7-5-15(21)6-8-16/h3-13H,2H2,1H3,(H,23,24,25). The number of rotatable bonds is 5. The molecule has 0 atom stereocenters. The number of aryl methyl sites for hydroxylation is 1. The average Bonchev–Trinajstić information content (AvgIpc) is 3.15. The maximum atomic E-state index is 4.69. The molecule has 0 bridgehead atoms. The number of anilines is 2. The summed E-state index contributed by atoms with van der Waals surface area (Å²) in [7, 11) is 0. The highest BCUT2D eigenvalue weighted by atomic mass is 79.9. The molecule has 4 aromatic rings. The molecule has 0 amide bonds. The lowest BCUT2D eigenvalue weighted by atomic mass is 10.1. The van der Waals surface area contributed by atoms with Crippen molar-refractivity contribution < 1.29 is 0 Å². The van der Waals surface area contributed by atoms with E-state index in [1.807, 2.05) is 59.5 Å². The molecule has 0 saturated carbocycles. The van der Waals surface area contributed by atoms with Gasteiger partial charge in [0.15, 0.2) is 0 Å². The summed E-state index contributed by atoms with van der Waals surface area (Å²) in [5.41, 5.74) is 4.50. The summed E-state index contributed by atoms with van der Waals surface area (Å²) in [5.74, 6) is 0.538. The Hall–Kier alpha value is -3.06. The zero-order valence-electron chi connectivity index (χ0n) is 14.7. The minimum atomic E-state index is 0.538. The smallest absolute Gasteiger partial charge is 0.227 e. The normalized spacial score (nSPS) is 10.7. The molecular weight excluding hydrogens is 404 g/mol. The van der Waals surface area contributed by atoms with Gasteiger partial charge in [-0.2, -0.15) is 5.10 Å². The molecule has 0 saturated heterocycles. The van der Waals surface area contributed by atoms with Crippen molar-refractivity contribution >= 4 is 27.6 Å². The van der Waals surface area contributed by atoms with Crippen LogP contribution in [0.25, 0.3) is 22.5 Å². The number of pyridine rings is 1. The van der Waals surface area contributed by atoms with E-state index in [4.69, 9.17) is 0 Å². The third-order valence-corrected chi connectivity index (χ3v) is 4.58. The van der Waals surface area contributed by atoms with Crippen LogP contribution in [0, 0.1) is 0 Å². The van der Waals surface area contributed by atoms with Crippen molar-refractivity contribution in [2.75, 3.05) is 5.32 Å². The number of aromatic nitrogens is 5. The summed E-state index contributed by atoms with van der Waals surface area (Å²) in [6.45, 7) is 2.84. The summed E-state index contributed by atoms with van der Waals surface area (Å²) in [6, 6.07) is 13.7. The summed E-state index contributed by atoms with van der Waals surface area (Å²) in [4.78, 5) is 13.2. The molecule has 7 heteroatoms. The first-order valence-corrected chi connectivity index (χ1v) is 9.36. The predicted molar refractivity (Wildman–Crippen MR) is 110 cm³/mol. The Morgan fingerprint density at radius 2 is 1.93 bits per heavy atom. The number of nitrogens with one attached hydrogen (secondary N) is 1. The third kappa shape index (κ3) is 3.88. The maximum Gasteiger partial charge on any atom is 0.227 e. The Kier molecular flexibility index (Phi) is 4.93. The van der Waals surface area contributed by atoms with E-state index in [1.165, 1.54) is 0 Å². The van der Waals surface area contributed by atoms with Crippen LogP contribution in [0.5, 0.6) is 0 Å². The molecule has 1 aromatic carbocycles. The number of halogens is 1. The van der Waals surface area contributed by atoms with Gasteiger partial charge in [-0.3, -0.25) is 9.67 Å². The van der Waals surface area contributed by atoms with Crippen molar-refractivity contribution in [1.29, 1.82) is 0 Å². The predicted octanol–water partition coefficient (Wildman–Crippen LogP) is 4.93. The molecule has 1 N–H and O–H groups in total. The van der Waals surface area contributed by atoms with Gasteiger partial charge in [-0.05, 0) is 49.4 Å². The van der Waals surface area contributed by atoms with E-state index in [9.17, 15) is 0 Å². The van der Waals surface area contributed by atoms with Crippen molar-refractivity contribution in [1.82, 2.24) is 24.7 Å². The monoisotopic (exact) mass is 420 g/mol. The van der Waals surface area contributed by atoms with Gasteiger partial charge in [-0.1, -0.05) is 15.9 Å². The number of benzene rings is 1. The van der Waals surface area contributed by atoms with Crippen molar-refractivity contribution in [2.45, 2.75) is 13.5 Å². The molecule has 0 spiro atoms. The van der Waals surface area contributed by atoms with E-state index in [0.29, 0.717) is 5.95 Å². The fourth-order valence-corrected chi connectivity index (χ4v) is 2.98. The second kappa shape index (κ2) is 7.67. The molecule has 27 heavy (non-hydrogen) atoms. The fraction of sp³-hybridized carbons (Fsp3) is 0.100. The molecule has 3 heterocycles. The molecule has 4 rings (SSSR count). The quantitative estimate of drug-likeness (QED) is 0.495. The molecule has 0 unspecified atom stereocenters. The molecular formula is C20H17BrN6. The Balaban J connectivity index is 1.71. The molecule has 3 aromatic heterocycles. The summed E-state index contributed by atoms with van der Waals surface area (Å²) < 4.78 is 2.93. The van der Waals surface area contributed by atoms with Gasteiger partial charge in [0.25, 0.3) is 0 Å². The van der Waals surface area contributed by atoms with Crippen LogP contribution in [-0.2, 0) is 6.54 Å². The van der Waals surface area contributed by atoms with Crippen molar-refractivity contribution in [3.05, 3.63) is 71.7 Å². The molecule has 6 nitrogen and oxygen atoms in total. The topological polar surface area (TPSA) is 68.5 Å². The molecule has 0 aliphatic rings. The van der Waals surface area contributed by atoms with Gasteiger partial charge < -0.3 is 5.32 Å². The Bertz CT molecular complexity index is 1040. The van der Waals surface area contributed by atoms with Gasteiger partial charge in [0.05, 0.1) is 5.69 Å². The lowest BCUT2D eigenvalue weighted by Crippen LogP contribution is -1.98. The van der Waals surface area contributed by atoms with Crippen LogP contribution in [0.1, 0.15) is 6.92 Å². The van der Waals surface area contributed by atoms with Gasteiger partial charge in [0.1, 0.15) is 5.69 Å². The molecule has 0 aliphatic carbocycles. The van der Waals surface area contributed by atoms with E-state index in [0.717, 1.165) is 39.2 Å². The van der Waals surface area contributed by atoms with E-state index < -0.39 is 0 Å². The van der Waals surface area contributed by atoms with Crippen molar-refractivity contribution in [3.8, 4) is 22.5 Å². The van der Waals surface area contributed by atoms with Gasteiger partial charge >= 0.3 is 0 Å². The number of hydrogen-bond donors (Lipinski definition) is 1. The van der Waals surface area contributed by atoms with Gasteiger partial charge in [0, 0.05) is 52.6 Å². The third-order valence-electron chi connectivity index (χ3n) is 4.05. The SMILES string of the molecule is CCn1cc(-c2ccnc(Nc3ccc(Br)cc3)n2)c(-c2cccnc2)n1. The fourth-order valence-electron chi connectivity index (χ4n) is 2.72. The van der Waals surface area contributed by atoms with Gasteiger partial charge in [0.2, 0.25) is 5.95 Å². The Morgan fingerprint density at radius 3 is 2.67 bits per heavy atom. The van der Waals surface area contributed by atoms with E-state index in [2.05, 4.69) is 48.2 Å². The van der Waals surface area contributed by atoms with Crippen LogP contribution in [0.2, 0.25) is 0 Å². The van der Waals surface area contributed by atoms with Crippen LogP contribution in [0.3, 0.4) is 0 Å². The molecule has 0 aliphatic heterocycles. The van der Waals surface area contributed by atoms with Crippen LogP contribution < -0.4 is 5.32 Å². The van der Waals surface area contributed by atoms with E-state index in [-0.39, 0.29) is 0 Å². The van der Waals surface area contributed by atoms with Crippen molar-refractivity contribution in [3.63, 3.8) is 0 Å². The highest BCUT2D eigenvalue weighted by Gasteiger charge is 2.15. The summed E-state index contributed by atoms with van der Waals surface area (Å²) in [5, 5.41) is 7.93. The Labute approximate surface area is 165 Å². The first-order valence-electron chi connectivity index (χ1n) is 8.57. The van der Waals surface area contributed by atoms with Gasteiger partial charge in [-0.15, -0.1) is 0 Å². The zero-order chi connectivity index (χ0) is 18.6. The lowest BCUT2D eigenvalue weighted by molar-refractivity contribution is 0.662.